The minimum absolute atomic E-state index is 0.0666. The van der Waals surface area contributed by atoms with Crippen molar-refractivity contribution in [2.75, 3.05) is 25.1 Å². The van der Waals surface area contributed by atoms with E-state index in [-0.39, 0.29) is 5.56 Å². The highest BCUT2D eigenvalue weighted by Crippen LogP contribution is 2.30. The number of nitrogens with one attached hydrogen (secondary N) is 1. The summed E-state index contributed by atoms with van der Waals surface area (Å²) in [5.41, 5.74) is 3.36. The normalized spacial score (nSPS) is 18.0. The lowest BCUT2D eigenvalue weighted by Crippen LogP contribution is -2.36. The second-order valence-electron chi connectivity index (χ2n) is 7.06. The van der Waals surface area contributed by atoms with Crippen molar-refractivity contribution in [1.29, 1.82) is 0 Å². The molecule has 2 aliphatic rings. The lowest BCUT2D eigenvalue weighted by Gasteiger charge is -2.33. The minimum Gasteiger partial charge on any atom is -0.497 e. The summed E-state index contributed by atoms with van der Waals surface area (Å²) in [7, 11) is 1.69. The molecule has 1 aliphatic carbocycles. The topological polar surface area (TPSA) is 58.2 Å². The third-order valence-corrected chi connectivity index (χ3v) is 5.56. The molecule has 1 saturated heterocycles. The summed E-state index contributed by atoms with van der Waals surface area (Å²) in [5, 5.41) is 0. The molecule has 0 saturated carbocycles. The van der Waals surface area contributed by atoms with Crippen LogP contribution in [0.5, 0.6) is 5.75 Å². The third kappa shape index (κ3) is 3.28. The van der Waals surface area contributed by atoms with Crippen LogP contribution >= 0.6 is 0 Å². The maximum absolute atomic E-state index is 12.3. The average Bonchev–Trinajstić information content (AvgIpc) is 2.68. The number of ether oxygens (including phenoxy) is 1. The number of fused-ring (bicyclic) bond motifs is 1. The van der Waals surface area contributed by atoms with Gasteiger partial charge in [0, 0.05) is 18.7 Å². The molecule has 1 aromatic heterocycles. The van der Waals surface area contributed by atoms with E-state index < -0.39 is 0 Å². The van der Waals surface area contributed by atoms with Crippen LogP contribution in [-0.2, 0) is 12.8 Å². The van der Waals surface area contributed by atoms with Gasteiger partial charge in [-0.15, -0.1) is 0 Å². The van der Waals surface area contributed by atoms with Crippen LogP contribution in [0.3, 0.4) is 0 Å². The van der Waals surface area contributed by atoms with E-state index in [0.29, 0.717) is 5.92 Å². The summed E-state index contributed by atoms with van der Waals surface area (Å²) in [6.45, 7) is 1.86. The molecule has 1 aliphatic heterocycles. The van der Waals surface area contributed by atoms with E-state index in [1.165, 1.54) is 5.56 Å². The fourth-order valence-electron chi connectivity index (χ4n) is 4.04. The van der Waals surface area contributed by atoms with Crippen molar-refractivity contribution >= 4 is 5.95 Å². The average molecular weight is 339 g/mol. The largest absolute Gasteiger partial charge is 0.497 e. The highest BCUT2D eigenvalue weighted by Gasteiger charge is 2.24. The van der Waals surface area contributed by atoms with Crippen molar-refractivity contribution in [1.82, 2.24) is 9.97 Å². The SMILES string of the molecule is COc1ccc(C2CCN(c3nc4c(c(=O)[nH]3)CCCC4)CC2)cc1. The van der Waals surface area contributed by atoms with Gasteiger partial charge in [0.2, 0.25) is 5.95 Å². The first kappa shape index (κ1) is 16.2. The van der Waals surface area contributed by atoms with Crippen LogP contribution in [0.2, 0.25) is 0 Å². The smallest absolute Gasteiger partial charge is 0.255 e. The summed E-state index contributed by atoms with van der Waals surface area (Å²) in [6.07, 6.45) is 6.21. The lowest BCUT2D eigenvalue weighted by molar-refractivity contribution is 0.414. The molecule has 1 N–H and O–H groups in total. The molecule has 1 aromatic carbocycles. The van der Waals surface area contributed by atoms with Crippen LogP contribution in [0.1, 0.15) is 48.4 Å². The van der Waals surface area contributed by atoms with Crippen molar-refractivity contribution in [3.63, 3.8) is 0 Å². The van der Waals surface area contributed by atoms with Crippen LogP contribution in [0.25, 0.3) is 0 Å². The Morgan fingerprint density at radius 3 is 2.56 bits per heavy atom. The zero-order valence-corrected chi connectivity index (χ0v) is 14.8. The predicted octanol–water partition coefficient (Wildman–Crippen LogP) is 3.04. The molecule has 0 spiro atoms. The summed E-state index contributed by atoms with van der Waals surface area (Å²) in [4.78, 5) is 22.4. The van der Waals surface area contributed by atoms with Gasteiger partial charge in [-0.2, -0.15) is 0 Å². The molecule has 1 fully saturated rings. The number of methoxy groups -OCH3 is 1. The first-order valence-electron chi connectivity index (χ1n) is 9.25. The molecule has 4 rings (SSSR count). The third-order valence-electron chi connectivity index (χ3n) is 5.56. The number of aromatic amines is 1. The lowest BCUT2D eigenvalue weighted by atomic mass is 9.89. The zero-order valence-electron chi connectivity index (χ0n) is 14.8. The second kappa shape index (κ2) is 6.90. The van der Waals surface area contributed by atoms with E-state index >= 15 is 0 Å². The zero-order chi connectivity index (χ0) is 17.2. The molecule has 132 valence electrons. The molecule has 0 atom stereocenters. The fraction of sp³-hybridized carbons (Fsp3) is 0.500. The Labute approximate surface area is 148 Å². The first-order chi connectivity index (χ1) is 12.2. The molecule has 5 nitrogen and oxygen atoms in total. The monoisotopic (exact) mass is 339 g/mol. The predicted molar refractivity (Wildman–Crippen MR) is 98.7 cm³/mol. The highest BCUT2D eigenvalue weighted by atomic mass is 16.5. The van der Waals surface area contributed by atoms with E-state index in [4.69, 9.17) is 9.72 Å². The molecule has 0 radical (unpaired) electrons. The van der Waals surface area contributed by atoms with Gasteiger partial charge in [-0.3, -0.25) is 9.78 Å². The van der Waals surface area contributed by atoms with Crippen molar-refractivity contribution < 1.29 is 4.74 Å². The van der Waals surface area contributed by atoms with E-state index in [2.05, 4.69) is 22.0 Å². The molecule has 2 aromatic rings. The van der Waals surface area contributed by atoms with Gasteiger partial charge in [0.05, 0.1) is 12.8 Å². The van der Waals surface area contributed by atoms with Gasteiger partial charge in [0.25, 0.3) is 5.56 Å². The van der Waals surface area contributed by atoms with E-state index in [0.717, 1.165) is 74.6 Å². The fourth-order valence-corrected chi connectivity index (χ4v) is 4.04. The van der Waals surface area contributed by atoms with Crippen LogP contribution in [-0.4, -0.2) is 30.2 Å². The van der Waals surface area contributed by atoms with Crippen LogP contribution in [0.4, 0.5) is 5.95 Å². The van der Waals surface area contributed by atoms with Gasteiger partial charge < -0.3 is 9.64 Å². The number of nitrogens with zero attached hydrogens (tertiary/aromatic N) is 2. The number of hydrogen-bond acceptors (Lipinski definition) is 4. The number of piperidine rings is 1. The summed E-state index contributed by atoms with van der Waals surface area (Å²) in [5.74, 6) is 2.22. The van der Waals surface area contributed by atoms with Crippen molar-refractivity contribution in [3.05, 3.63) is 51.4 Å². The Morgan fingerprint density at radius 2 is 1.84 bits per heavy atom. The number of aryl methyl sites for hydroxylation is 1. The number of aromatic nitrogens is 2. The van der Waals surface area contributed by atoms with Gasteiger partial charge in [-0.25, -0.2) is 4.98 Å². The number of rotatable bonds is 3. The molecule has 0 amide bonds. The van der Waals surface area contributed by atoms with Gasteiger partial charge in [-0.1, -0.05) is 12.1 Å². The van der Waals surface area contributed by atoms with Crippen molar-refractivity contribution in [2.24, 2.45) is 0 Å². The number of benzene rings is 1. The van der Waals surface area contributed by atoms with Gasteiger partial charge >= 0.3 is 0 Å². The number of anilines is 1. The van der Waals surface area contributed by atoms with Crippen LogP contribution < -0.4 is 15.2 Å². The standard InChI is InChI=1S/C20H25N3O2/c1-25-16-8-6-14(7-9-16)15-10-12-23(13-11-15)20-21-18-5-3-2-4-17(18)19(24)22-20/h6-9,15H,2-5,10-13H2,1H3,(H,21,22,24). The Morgan fingerprint density at radius 1 is 1.12 bits per heavy atom. The molecule has 25 heavy (non-hydrogen) atoms. The Hall–Kier alpha value is -2.30. The number of H-pyrrole nitrogens is 1. The van der Waals surface area contributed by atoms with E-state index in [9.17, 15) is 4.79 Å². The molecule has 5 heteroatoms. The van der Waals surface area contributed by atoms with Gasteiger partial charge in [-0.05, 0) is 62.1 Å². The molecular weight excluding hydrogens is 314 g/mol. The highest BCUT2D eigenvalue weighted by molar-refractivity contribution is 5.36. The summed E-state index contributed by atoms with van der Waals surface area (Å²) >= 11 is 0. The maximum Gasteiger partial charge on any atom is 0.255 e. The summed E-state index contributed by atoms with van der Waals surface area (Å²) < 4.78 is 5.24. The van der Waals surface area contributed by atoms with Crippen LogP contribution in [0.15, 0.2) is 29.1 Å². The maximum atomic E-state index is 12.3. The Kier molecular flexibility index (Phi) is 4.47. The number of hydrogen-bond donors (Lipinski definition) is 1. The van der Waals surface area contributed by atoms with Crippen LogP contribution in [0, 0.1) is 0 Å². The van der Waals surface area contributed by atoms with E-state index in [1.54, 1.807) is 7.11 Å². The minimum atomic E-state index is 0.0666. The second-order valence-corrected chi connectivity index (χ2v) is 7.06. The molecule has 0 bridgehead atoms. The molecular formula is C20H25N3O2. The Balaban J connectivity index is 1.46. The first-order valence-corrected chi connectivity index (χ1v) is 9.25. The summed E-state index contributed by atoms with van der Waals surface area (Å²) in [6, 6.07) is 8.39. The van der Waals surface area contributed by atoms with E-state index in [1.807, 2.05) is 12.1 Å². The van der Waals surface area contributed by atoms with Gasteiger partial charge in [0.1, 0.15) is 5.75 Å². The van der Waals surface area contributed by atoms with Crippen molar-refractivity contribution in [3.8, 4) is 5.75 Å². The molecule has 2 heterocycles. The Bertz CT molecular complexity index is 790. The van der Waals surface area contributed by atoms with Gasteiger partial charge in [0.15, 0.2) is 0 Å². The molecule has 0 unspecified atom stereocenters. The van der Waals surface area contributed by atoms with Crippen molar-refractivity contribution in [2.45, 2.75) is 44.4 Å². The quantitative estimate of drug-likeness (QED) is 0.934.